The molecule has 1 aromatic carbocycles. The van der Waals surface area contributed by atoms with Crippen LogP contribution in [0.5, 0.6) is 0 Å². The quantitative estimate of drug-likeness (QED) is 0.763. The summed E-state index contributed by atoms with van der Waals surface area (Å²) in [5.41, 5.74) is 0.743. The largest absolute Gasteiger partial charge is 0.351 e. The zero-order valence-corrected chi connectivity index (χ0v) is 13.4. The lowest BCUT2D eigenvalue weighted by atomic mass is 10.0. The third kappa shape index (κ3) is 3.02. The Bertz CT molecular complexity index is 742. The first-order valence-corrected chi connectivity index (χ1v) is 7.70. The zero-order chi connectivity index (χ0) is 16.6. The van der Waals surface area contributed by atoms with Crippen molar-refractivity contribution in [2.24, 2.45) is 0 Å². The summed E-state index contributed by atoms with van der Waals surface area (Å²) in [5.74, 6) is -2.16. The number of hydrogen-bond donors (Lipinski definition) is 2. The molecule has 0 aromatic heterocycles. The number of imide groups is 2. The average molecular weight is 378 g/mol. The van der Waals surface area contributed by atoms with E-state index in [0.717, 1.165) is 15.4 Å². The van der Waals surface area contributed by atoms with Gasteiger partial charge in [-0.25, -0.2) is 0 Å². The molecule has 0 saturated carbocycles. The van der Waals surface area contributed by atoms with E-state index in [0.29, 0.717) is 5.69 Å². The summed E-state index contributed by atoms with van der Waals surface area (Å²) in [4.78, 5) is 48.4. The molecule has 118 valence electrons. The van der Waals surface area contributed by atoms with Crippen molar-refractivity contribution in [3.8, 4) is 0 Å². The zero-order valence-electron chi connectivity index (χ0n) is 11.8. The van der Waals surface area contributed by atoms with E-state index in [1.807, 2.05) is 0 Å². The molecule has 1 fully saturated rings. The minimum absolute atomic E-state index is 0.0991. The molecule has 0 radical (unpaired) electrons. The lowest BCUT2D eigenvalue weighted by molar-refractivity contribution is -0.149. The second-order valence-corrected chi connectivity index (χ2v) is 6.09. The molecular formula is C15H12BrN3O4. The molecule has 0 bridgehead atoms. The standard InChI is InChI=1S/C15H12BrN3O4/c16-8-1-3-9(4-2-8)17-10-7-13(21)19(15(10)23)11-5-6-12(20)18-14(11)22/h1-4,7,11,17H,5-6H2,(H,18,20,22). The highest BCUT2D eigenvalue weighted by atomic mass is 79.9. The Hall–Kier alpha value is -2.48. The van der Waals surface area contributed by atoms with Crippen LogP contribution in [0.25, 0.3) is 0 Å². The van der Waals surface area contributed by atoms with Crippen LogP contribution >= 0.6 is 15.9 Å². The fraction of sp³-hybridized carbons (Fsp3) is 0.200. The minimum Gasteiger partial charge on any atom is -0.351 e. The molecule has 1 aromatic rings. The van der Waals surface area contributed by atoms with Gasteiger partial charge in [0.1, 0.15) is 11.7 Å². The maximum absolute atomic E-state index is 12.4. The molecule has 0 spiro atoms. The molecule has 1 saturated heterocycles. The van der Waals surface area contributed by atoms with Gasteiger partial charge in [-0.15, -0.1) is 0 Å². The van der Waals surface area contributed by atoms with Crippen LogP contribution in [0.2, 0.25) is 0 Å². The van der Waals surface area contributed by atoms with Gasteiger partial charge >= 0.3 is 0 Å². The Morgan fingerprint density at radius 3 is 2.48 bits per heavy atom. The number of hydrogen-bond acceptors (Lipinski definition) is 5. The van der Waals surface area contributed by atoms with Crippen molar-refractivity contribution >= 4 is 45.2 Å². The van der Waals surface area contributed by atoms with Crippen molar-refractivity contribution < 1.29 is 19.2 Å². The molecule has 1 atom stereocenters. The van der Waals surface area contributed by atoms with E-state index >= 15 is 0 Å². The number of nitrogens with one attached hydrogen (secondary N) is 2. The van der Waals surface area contributed by atoms with Crippen LogP contribution < -0.4 is 10.6 Å². The lowest BCUT2D eigenvalue weighted by Crippen LogP contribution is -2.54. The van der Waals surface area contributed by atoms with E-state index in [9.17, 15) is 19.2 Å². The van der Waals surface area contributed by atoms with Gasteiger partial charge in [-0.3, -0.25) is 29.4 Å². The number of halogens is 1. The predicted molar refractivity (Wildman–Crippen MR) is 83.9 cm³/mol. The highest BCUT2D eigenvalue weighted by molar-refractivity contribution is 9.10. The molecule has 7 nitrogen and oxygen atoms in total. The van der Waals surface area contributed by atoms with Crippen molar-refractivity contribution in [3.63, 3.8) is 0 Å². The van der Waals surface area contributed by atoms with Gasteiger partial charge in [0.25, 0.3) is 11.8 Å². The highest BCUT2D eigenvalue weighted by Gasteiger charge is 2.42. The predicted octanol–water partition coefficient (Wildman–Crippen LogP) is 0.919. The second kappa shape index (κ2) is 5.96. The maximum atomic E-state index is 12.4. The van der Waals surface area contributed by atoms with Crippen molar-refractivity contribution in [1.29, 1.82) is 0 Å². The first-order valence-electron chi connectivity index (χ1n) is 6.91. The van der Waals surface area contributed by atoms with E-state index in [4.69, 9.17) is 0 Å². The van der Waals surface area contributed by atoms with Gasteiger partial charge in [0.15, 0.2) is 0 Å². The summed E-state index contributed by atoms with van der Waals surface area (Å²) in [7, 11) is 0. The monoisotopic (exact) mass is 377 g/mol. The maximum Gasteiger partial charge on any atom is 0.278 e. The SMILES string of the molecule is O=C1CCC(N2C(=O)C=C(Nc3ccc(Br)cc3)C2=O)C(=O)N1. The van der Waals surface area contributed by atoms with E-state index in [2.05, 4.69) is 26.6 Å². The number of carbonyl (C=O) groups excluding carboxylic acids is 4. The molecule has 3 rings (SSSR count). The Morgan fingerprint density at radius 2 is 1.83 bits per heavy atom. The van der Waals surface area contributed by atoms with Crippen LogP contribution in [0.1, 0.15) is 12.8 Å². The molecule has 2 heterocycles. The molecule has 8 heteroatoms. The van der Waals surface area contributed by atoms with Gasteiger partial charge in [0, 0.05) is 22.7 Å². The number of piperidine rings is 1. The average Bonchev–Trinajstić information content (AvgIpc) is 2.77. The molecule has 23 heavy (non-hydrogen) atoms. The molecular weight excluding hydrogens is 366 g/mol. The number of amides is 4. The van der Waals surface area contributed by atoms with Crippen molar-refractivity contribution in [2.45, 2.75) is 18.9 Å². The minimum atomic E-state index is -0.951. The fourth-order valence-electron chi connectivity index (χ4n) is 2.49. The van der Waals surface area contributed by atoms with Crippen molar-refractivity contribution in [1.82, 2.24) is 10.2 Å². The van der Waals surface area contributed by atoms with Crippen LogP contribution in [0.4, 0.5) is 5.69 Å². The van der Waals surface area contributed by atoms with E-state index in [-0.39, 0.29) is 18.5 Å². The smallest absolute Gasteiger partial charge is 0.278 e. The summed E-state index contributed by atoms with van der Waals surface area (Å²) in [5, 5.41) is 5.02. The van der Waals surface area contributed by atoms with E-state index < -0.39 is 29.7 Å². The summed E-state index contributed by atoms with van der Waals surface area (Å²) >= 11 is 3.31. The molecule has 2 N–H and O–H groups in total. The molecule has 2 aliphatic rings. The number of benzene rings is 1. The van der Waals surface area contributed by atoms with Crippen LogP contribution in [0.15, 0.2) is 40.5 Å². The summed E-state index contributed by atoms with van der Waals surface area (Å²) in [6, 6.07) is 6.13. The number of nitrogens with zero attached hydrogens (tertiary/aromatic N) is 1. The summed E-state index contributed by atoms with van der Waals surface area (Å²) in [6.45, 7) is 0. The van der Waals surface area contributed by atoms with E-state index in [1.165, 1.54) is 0 Å². The summed E-state index contributed by atoms with van der Waals surface area (Å²) < 4.78 is 0.885. The Kier molecular flexibility index (Phi) is 3.99. The topological polar surface area (TPSA) is 95.6 Å². The van der Waals surface area contributed by atoms with Gasteiger partial charge in [0.2, 0.25) is 11.8 Å². The Labute approximate surface area is 139 Å². The molecule has 4 amide bonds. The number of anilines is 1. The number of rotatable bonds is 3. The van der Waals surface area contributed by atoms with Gasteiger partial charge in [-0.05, 0) is 30.7 Å². The first kappa shape index (κ1) is 15.4. The van der Waals surface area contributed by atoms with Gasteiger partial charge in [-0.1, -0.05) is 15.9 Å². The third-order valence-electron chi connectivity index (χ3n) is 3.60. The van der Waals surface area contributed by atoms with E-state index in [1.54, 1.807) is 24.3 Å². The summed E-state index contributed by atoms with van der Waals surface area (Å²) in [6.07, 6.45) is 1.40. The molecule has 1 unspecified atom stereocenters. The normalized spacial score (nSPS) is 21.3. The third-order valence-corrected chi connectivity index (χ3v) is 4.13. The lowest BCUT2D eigenvalue weighted by Gasteiger charge is -2.28. The van der Waals surface area contributed by atoms with Crippen LogP contribution in [0, 0.1) is 0 Å². The highest BCUT2D eigenvalue weighted by Crippen LogP contribution is 2.23. The van der Waals surface area contributed by atoms with Gasteiger partial charge in [-0.2, -0.15) is 0 Å². The van der Waals surface area contributed by atoms with Crippen LogP contribution in [-0.4, -0.2) is 34.6 Å². The van der Waals surface area contributed by atoms with Crippen LogP contribution in [0.3, 0.4) is 0 Å². The Balaban J connectivity index is 1.76. The van der Waals surface area contributed by atoms with Crippen LogP contribution in [-0.2, 0) is 19.2 Å². The van der Waals surface area contributed by atoms with Gasteiger partial charge in [0.05, 0.1) is 0 Å². The first-order chi connectivity index (χ1) is 11.0. The molecule has 2 aliphatic heterocycles. The second-order valence-electron chi connectivity index (χ2n) is 5.17. The Morgan fingerprint density at radius 1 is 1.13 bits per heavy atom. The van der Waals surface area contributed by atoms with Gasteiger partial charge < -0.3 is 5.32 Å². The molecule has 0 aliphatic carbocycles. The van der Waals surface area contributed by atoms with Crippen molar-refractivity contribution in [3.05, 3.63) is 40.5 Å². The fourth-order valence-corrected chi connectivity index (χ4v) is 2.75. The van der Waals surface area contributed by atoms with Crippen molar-refractivity contribution in [2.75, 3.05) is 5.32 Å². The number of carbonyl (C=O) groups is 4.